The Hall–Kier alpha value is -0.128. The van der Waals surface area contributed by atoms with Crippen LogP contribution in [0.3, 0.4) is 0 Å². The molecule has 0 fully saturated rings. The monoisotopic (exact) mass is 127 g/mol. The van der Waals surface area contributed by atoms with Gasteiger partial charge in [0.05, 0.1) is 6.42 Å². The zero-order chi connectivity index (χ0) is 5.86. The van der Waals surface area contributed by atoms with E-state index in [-0.39, 0.29) is 35.3 Å². The molecule has 2 nitrogen and oxygen atoms in total. The largest absolute Gasteiger partial charge is 3.00 e. The molecule has 0 bridgehead atoms. The van der Waals surface area contributed by atoms with Crippen molar-refractivity contribution in [3.05, 3.63) is 0 Å². The molecule has 0 aromatic heterocycles. The summed E-state index contributed by atoms with van der Waals surface area (Å²) in [6.07, 6.45) is 0.0833. The topological polar surface area (TPSA) is 34.1 Å². The van der Waals surface area contributed by atoms with Crippen LogP contribution in [0.25, 0.3) is 0 Å². The van der Waals surface area contributed by atoms with Crippen molar-refractivity contribution in [1.82, 2.24) is 0 Å². The first-order chi connectivity index (χ1) is 3.13. The number of Topliss-reactive ketones (excluding diaryl/α,β-unsaturated/α-hetero) is 2. The van der Waals surface area contributed by atoms with Crippen LogP contribution in [0, 0.1) is 0 Å². The molecule has 0 atom stereocenters. The molecule has 0 aliphatic carbocycles. The fourth-order valence-corrected chi connectivity index (χ4v) is 0.351. The normalized spacial score (nSPS) is 7.25. The third-order valence-corrected chi connectivity index (χ3v) is 0.498. The average Bonchev–Trinajstić information content (AvgIpc) is 1.27. The van der Waals surface area contributed by atoms with E-state index < -0.39 is 0 Å². The summed E-state index contributed by atoms with van der Waals surface area (Å²) < 4.78 is 0. The molecule has 0 unspecified atom stereocenters. The first-order valence-electron chi connectivity index (χ1n) is 2.12. The second-order valence-electron chi connectivity index (χ2n) is 1.58. The van der Waals surface area contributed by atoms with Gasteiger partial charge in [-0.3, -0.25) is 9.59 Å². The number of carbonyl (C=O) groups excluding carboxylic acids is 2. The standard InChI is InChI=1S/C5H8O2.Al/c1-4(6)3-5(2)7;/h3H2,1-2H3;/q;+3. The number of hydrogen-bond donors (Lipinski definition) is 0. The zero-order valence-corrected chi connectivity index (χ0v) is 6.26. The van der Waals surface area contributed by atoms with E-state index in [1.807, 2.05) is 0 Å². The molecule has 0 spiro atoms. The minimum Gasteiger partial charge on any atom is -0.300 e. The molecule has 3 heteroatoms. The van der Waals surface area contributed by atoms with E-state index in [9.17, 15) is 9.59 Å². The quantitative estimate of drug-likeness (QED) is 0.391. The van der Waals surface area contributed by atoms with E-state index in [1.54, 1.807) is 0 Å². The van der Waals surface area contributed by atoms with Crippen molar-refractivity contribution < 1.29 is 9.59 Å². The number of carbonyl (C=O) groups is 2. The van der Waals surface area contributed by atoms with Crippen LogP contribution >= 0.6 is 0 Å². The van der Waals surface area contributed by atoms with E-state index in [0.717, 1.165) is 0 Å². The van der Waals surface area contributed by atoms with Gasteiger partial charge in [-0.2, -0.15) is 0 Å². The third kappa shape index (κ3) is 9.30. The Morgan fingerprint density at radius 3 is 1.38 bits per heavy atom. The van der Waals surface area contributed by atoms with Crippen LogP contribution in [0.15, 0.2) is 0 Å². The van der Waals surface area contributed by atoms with Crippen LogP contribution in [-0.2, 0) is 9.59 Å². The fourth-order valence-electron chi connectivity index (χ4n) is 0.351. The summed E-state index contributed by atoms with van der Waals surface area (Å²) in [4.78, 5) is 20.1. The summed E-state index contributed by atoms with van der Waals surface area (Å²) in [5.74, 6) is -0.125. The van der Waals surface area contributed by atoms with Crippen LogP contribution in [0.1, 0.15) is 20.3 Å². The van der Waals surface area contributed by atoms with Crippen molar-refractivity contribution in [3.8, 4) is 0 Å². The van der Waals surface area contributed by atoms with E-state index in [0.29, 0.717) is 0 Å². The molecule has 8 heavy (non-hydrogen) atoms. The van der Waals surface area contributed by atoms with Gasteiger partial charge in [-0.25, -0.2) is 0 Å². The summed E-state index contributed by atoms with van der Waals surface area (Å²) in [5.41, 5.74) is 0. The molecule has 0 saturated carbocycles. The fraction of sp³-hybridized carbons (Fsp3) is 0.600. The molecule has 0 aromatic carbocycles. The number of rotatable bonds is 2. The Morgan fingerprint density at radius 2 is 1.38 bits per heavy atom. The van der Waals surface area contributed by atoms with Gasteiger partial charge in [0.1, 0.15) is 11.6 Å². The smallest absolute Gasteiger partial charge is 0.300 e. The van der Waals surface area contributed by atoms with Gasteiger partial charge in [0.25, 0.3) is 0 Å². The molecule has 0 N–H and O–H groups in total. The van der Waals surface area contributed by atoms with Gasteiger partial charge in [-0.15, -0.1) is 0 Å². The second kappa shape index (κ2) is 5.02. The molecule has 0 rings (SSSR count). The van der Waals surface area contributed by atoms with Crippen LogP contribution < -0.4 is 0 Å². The van der Waals surface area contributed by atoms with Crippen molar-refractivity contribution in [2.45, 2.75) is 20.3 Å². The maximum Gasteiger partial charge on any atom is 3.00 e. The minimum atomic E-state index is -0.0625. The Bertz CT molecular complexity index is 86.6. The molecule has 0 amide bonds. The van der Waals surface area contributed by atoms with Crippen LogP contribution in [0.2, 0.25) is 0 Å². The SMILES string of the molecule is CC(=O)CC(C)=O.[Al+3]. The maximum atomic E-state index is 10.0. The van der Waals surface area contributed by atoms with Gasteiger partial charge in [0.15, 0.2) is 0 Å². The summed E-state index contributed by atoms with van der Waals surface area (Å²) >= 11 is 0. The van der Waals surface area contributed by atoms with E-state index in [2.05, 4.69) is 0 Å². The van der Waals surface area contributed by atoms with Crippen molar-refractivity contribution in [2.75, 3.05) is 0 Å². The predicted molar refractivity (Wildman–Crippen MR) is 31.7 cm³/mol. The molecule has 0 aliphatic rings. The molecule has 0 saturated heterocycles. The van der Waals surface area contributed by atoms with Crippen LogP contribution in [-0.4, -0.2) is 28.9 Å². The van der Waals surface area contributed by atoms with Gasteiger partial charge in [0.2, 0.25) is 0 Å². The Labute approximate surface area is 59.4 Å². The Kier molecular flexibility index (Phi) is 6.76. The molecule has 0 heterocycles. The van der Waals surface area contributed by atoms with Gasteiger partial charge in [-0.05, 0) is 13.8 Å². The summed E-state index contributed by atoms with van der Waals surface area (Å²) in [6.45, 7) is 2.81. The van der Waals surface area contributed by atoms with Crippen molar-refractivity contribution >= 4 is 28.9 Å². The molecular formula is C5H8AlO2+3. The first kappa shape index (κ1) is 10.8. The van der Waals surface area contributed by atoms with Crippen LogP contribution in [0.5, 0.6) is 0 Å². The van der Waals surface area contributed by atoms with E-state index in [1.165, 1.54) is 13.8 Å². The van der Waals surface area contributed by atoms with Crippen molar-refractivity contribution in [1.29, 1.82) is 0 Å². The third-order valence-electron chi connectivity index (χ3n) is 0.498. The van der Waals surface area contributed by atoms with Gasteiger partial charge in [0, 0.05) is 0 Å². The van der Waals surface area contributed by atoms with Crippen LogP contribution in [0.4, 0.5) is 0 Å². The molecular weight excluding hydrogens is 119 g/mol. The zero-order valence-electron chi connectivity index (χ0n) is 5.10. The molecule has 40 valence electrons. The molecule has 0 aromatic rings. The summed E-state index contributed by atoms with van der Waals surface area (Å²) in [7, 11) is 0. The van der Waals surface area contributed by atoms with Gasteiger partial charge < -0.3 is 0 Å². The minimum absolute atomic E-state index is 0. The molecule has 0 aliphatic heterocycles. The summed E-state index contributed by atoms with van der Waals surface area (Å²) in [6, 6.07) is 0. The predicted octanol–water partition coefficient (Wildman–Crippen LogP) is 0.174. The van der Waals surface area contributed by atoms with E-state index >= 15 is 0 Å². The Morgan fingerprint density at radius 1 is 1.12 bits per heavy atom. The van der Waals surface area contributed by atoms with Gasteiger partial charge in [-0.1, -0.05) is 0 Å². The number of hydrogen-bond acceptors (Lipinski definition) is 2. The van der Waals surface area contributed by atoms with E-state index in [4.69, 9.17) is 0 Å². The summed E-state index contributed by atoms with van der Waals surface area (Å²) in [5, 5.41) is 0. The Balaban J connectivity index is 0. The first-order valence-corrected chi connectivity index (χ1v) is 2.12. The van der Waals surface area contributed by atoms with Crippen molar-refractivity contribution in [2.24, 2.45) is 0 Å². The van der Waals surface area contributed by atoms with Crippen molar-refractivity contribution in [3.63, 3.8) is 0 Å². The van der Waals surface area contributed by atoms with Gasteiger partial charge >= 0.3 is 17.4 Å². The average molecular weight is 127 g/mol. The number of ketones is 2. The maximum absolute atomic E-state index is 10.0. The second-order valence-corrected chi connectivity index (χ2v) is 1.58. The molecule has 0 radical (unpaired) electrons.